The molecule has 9 nitrogen and oxygen atoms in total. The summed E-state index contributed by atoms with van der Waals surface area (Å²) in [5, 5.41) is 12.7. The molecule has 0 spiro atoms. The molecule has 130 valence electrons. The number of rotatable bonds is 2. The molecular formula is C15H7ClN4O5S. The van der Waals surface area contributed by atoms with Gasteiger partial charge in [0.05, 0.1) is 16.1 Å². The molecule has 0 saturated carbocycles. The van der Waals surface area contributed by atoms with Gasteiger partial charge in [-0.1, -0.05) is 11.6 Å². The van der Waals surface area contributed by atoms with E-state index in [9.17, 15) is 14.7 Å². The van der Waals surface area contributed by atoms with Crippen LogP contribution in [-0.2, 0) is 0 Å². The summed E-state index contributed by atoms with van der Waals surface area (Å²) in [5.41, 5.74) is 0.447. The molecule has 0 bridgehead atoms. The van der Waals surface area contributed by atoms with E-state index in [1.54, 1.807) is 12.1 Å². The third-order valence-electron chi connectivity index (χ3n) is 4.00. The van der Waals surface area contributed by atoms with Crippen LogP contribution in [0.15, 0.2) is 18.5 Å². The Bertz CT molecular complexity index is 1130. The van der Waals surface area contributed by atoms with Crippen molar-refractivity contribution in [1.82, 2.24) is 9.97 Å². The van der Waals surface area contributed by atoms with Gasteiger partial charge in [0.2, 0.25) is 6.79 Å². The first-order valence-corrected chi connectivity index (χ1v) is 8.45. The number of urea groups is 1. The van der Waals surface area contributed by atoms with Gasteiger partial charge in [0.25, 0.3) is 0 Å². The summed E-state index contributed by atoms with van der Waals surface area (Å²) in [7, 11) is 0. The number of amides is 2. The number of hydrogen-bond acceptors (Lipinski definition) is 7. The number of aromatic carboxylic acids is 1. The first-order chi connectivity index (χ1) is 12.6. The Morgan fingerprint density at radius 1 is 1.35 bits per heavy atom. The largest absolute Gasteiger partial charge is 0.477 e. The van der Waals surface area contributed by atoms with E-state index < -0.39 is 12.0 Å². The van der Waals surface area contributed by atoms with Crippen molar-refractivity contribution in [3.63, 3.8) is 0 Å². The number of nitrogens with zero attached hydrogens (tertiary/aromatic N) is 3. The molecule has 0 aliphatic carbocycles. The maximum atomic E-state index is 12.8. The normalized spacial score (nSPS) is 14.7. The molecule has 2 aromatic heterocycles. The van der Waals surface area contributed by atoms with E-state index in [0.717, 1.165) is 11.3 Å². The summed E-state index contributed by atoms with van der Waals surface area (Å²) in [4.78, 5) is 34.3. The van der Waals surface area contributed by atoms with E-state index in [1.807, 2.05) is 0 Å². The molecule has 2 aliphatic rings. The highest BCUT2D eigenvalue weighted by atomic mass is 35.5. The first kappa shape index (κ1) is 15.2. The predicted molar refractivity (Wildman–Crippen MR) is 93.1 cm³/mol. The maximum Gasteiger partial charge on any atom is 0.348 e. The molecule has 5 rings (SSSR count). The molecule has 2 aliphatic heterocycles. The van der Waals surface area contributed by atoms with Crippen molar-refractivity contribution in [3.05, 3.63) is 28.4 Å². The van der Waals surface area contributed by atoms with E-state index >= 15 is 0 Å². The fourth-order valence-electron chi connectivity index (χ4n) is 2.97. The van der Waals surface area contributed by atoms with Crippen LogP contribution >= 0.6 is 22.9 Å². The van der Waals surface area contributed by atoms with Crippen molar-refractivity contribution in [1.29, 1.82) is 0 Å². The van der Waals surface area contributed by atoms with Gasteiger partial charge >= 0.3 is 12.0 Å². The molecule has 26 heavy (non-hydrogen) atoms. The maximum absolute atomic E-state index is 12.8. The van der Waals surface area contributed by atoms with Gasteiger partial charge in [-0.05, 0) is 12.1 Å². The molecule has 0 saturated heterocycles. The lowest BCUT2D eigenvalue weighted by Crippen LogP contribution is -2.35. The van der Waals surface area contributed by atoms with Crippen LogP contribution in [0.4, 0.5) is 22.0 Å². The molecule has 11 heteroatoms. The minimum absolute atomic E-state index is 0.00415. The SMILES string of the molecule is O=C(O)c1sc2ncnc3c2c1NC(=O)N3c1c(Cl)ccc2c1OCO2. The second-order valence-corrected chi connectivity index (χ2v) is 6.79. The van der Waals surface area contributed by atoms with Gasteiger partial charge in [-0.25, -0.2) is 24.5 Å². The Morgan fingerprint density at radius 2 is 2.19 bits per heavy atom. The highest BCUT2D eigenvalue weighted by Gasteiger charge is 2.37. The monoisotopic (exact) mass is 390 g/mol. The Balaban J connectivity index is 1.82. The molecule has 0 atom stereocenters. The highest BCUT2D eigenvalue weighted by molar-refractivity contribution is 7.21. The number of halogens is 1. The molecule has 0 radical (unpaired) electrons. The zero-order valence-electron chi connectivity index (χ0n) is 12.6. The summed E-state index contributed by atoms with van der Waals surface area (Å²) in [6, 6.07) is 2.62. The Hall–Kier alpha value is -3.11. The van der Waals surface area contributed by atoms with Crippen LogP contribution in [0.3, 0.4) is 0 Å². The van der Waals surface area contributed by atoms with Gasteiger partial charge in [-0.3, -0.25) is 0 Å². The number of anilines is 3. The number of benzene rings is 1. The van der Waals surface area contributed by atoms with Crippen molar-refractivity contribution in [2.24, 2.45) is 0 Å². The quantitative estimate of drug-likeness (QED) is 0.688. The number of ether oxygens (including phenoxy) is 2. The number of carbonyl (C=O) groups is 2. The topological polar surface area (TPSA) is 114 Å². The number of aromatic nitrogens is 2. The Labute approximate surface area is 153 Å². The van der Waals surface area contributed by atoms with Crippen LogP contribution in [0.2, 0.25) is 5.02 Å². The number of hydrogen-bond donors (Lipinski definition) is 2. The molecule has 0 fully saturated rings. The molecule has 2 amide bonds. The number of carboxylic acid groups (broad SMARTS) is 1. The number of carbonyl (C=O) groups excluding carboxylic acids is 1. The number of carboxylic acids is 1. The number of nitrogens with one attached hydrogen (secondary N) is 1. The van der Waals surface area contributed by atoms with Gasteiger partial charge in [0.1, 0.15) is 21.7 Å². The van der Waals surface area contributed by atoms with Crippen molar-refractivity contribution in [2.45, 2.75) is 0 Å². The summed E-state index contributed by atoms with van der Waals surface area (Å²) in [5.74, 6) is -0.164. The second kappa shape index (κ2) is 5.19. The van der Waals surface area contributed by atoms with E-state index in [2.05, 4.69) is 15.3 Å². The van der Waals surface area contributed by atoms with Crippen molar-refractivity contribution in [3.8, 4) is 11.5 Å². The molecule has 2 N–H and O–H groups in total. The summed E-state index contributed by atoms with van der Waals surface area (Å²) < 4.78 is 10.8. The smallest absolute Gasteiger partial charge is 0.348 e. The van der Waals surface area contributed by atoms with Gasteiger partial charge in [-0.2, -0.15) is 0 Å². The number of thiophene rings is 1. The zero-order chi connectivity index (χ0) is 18.0. The van der Waals surface area contributed by atoms with Crippen LogP contribution in [0, 0.1) is 0 Å². The van der Waals surface area contributed by atoms with Crippen LogP contribution in [0.1, 0.15) is 9.67 Å². The average molecular weight is 391 g/mol. The highest BCUT2D eigenvalue weighted by Crippen LogP contribution is 2.51. The Morgan fingerprint density at radius 3 is 3.00 bits per heavy atom. The standard InChI is InChI=1S/C15H7ClN4O5S/c16-5-1-2-6-10(25-4-24-6)9(5)20-12-7-8(19-15(20)23)11(14(21)22)26-13(7)18-3-17-12/h1-3H,4H2,(H,19,23)(H,21,22). The lowest BCUT2D eigenvalue weighted by atomic mass is 10.2. The minimum Gasteiger partial charge on any atom is -0.477 e. The third kappa shape index (κ3) is 1.90. The summed E-state index contributed by atoms with van der Waals surface area (Å²) >= 11 is 7.29. The molecule has 1 aromatic carbocycles. The van der Waals surface area contributed by atoms with E-state index in [1.165, 1.54) is 11.2 Å². The van der Waals surface area contributed by atoms with Gasteiger partial charge < -0.3 is 19.9 Å². The fourth-order valence-corrected chi connectivity index (χ4v) is 4.13. The predicted octanol–water partition coefficient (Wildman–Crippen LogP) is 3.46. The third-order valence-corrected chi connectivity index (χ3v) is 5.39. The molecular weight excluding hydrogens is 384 g/mol. The summed E-state index contributed by atoms with van der Waals surface area (Å²) in [6.07, 6.45) is 1.27. The fraction of sp³-hybridized carbons (Fsp3) is 0.0667. The van der Waals surface area contributed by atoms with Gasteiger partial charge in [0.15, 0.2) is 17.3 Å². The second-order valence-electron chi connectivity index (χ2n) is 5.38. The summed E-state index contributed by atoms with van der Waals surface area (Å²) in [6.45, 7) is 0.00415. The Kier molecular flexibility index (Phi) is 3.03. The lowest BCUT2D eigenvalue weighted by molar-refractivity contribution is 0.0703. The van der Waals surface area contributed by atoms with Crippen molar-refractivity contribution < 1.29 is 24.2 Å². The van der Waals surface area contributed by atoms with E-state index in [0.29, 0.717) is 21.7 Å². The lowest BCUT2D eigenvalue weighted by Gasteiger charge is -2.28. The van der Waals surface area contributed by atoms with E-state index in [-0.39, 0.29) is 33.9 Å². The van der Waals surface area contributed by atoms with E-state index in [4.69, 9.17) is 21.1 Å². The van der Waals surface area contributed by atoms with Crippen LogP contribution in [0.25, 0.3) is 10.2 Å². The molecule has 3 aromatic rings. The van der Waals surface area contributed by atoms with Crippen LogP contribution in [0.5, 0.6) is 11.5 Å². The van der Waals surface area contributed by atoms with Crippen molar-refractivity contribution >= 4 is 62.3 Å². The van der Waals surface area contributed by atoms with Crippen molar-refractivity contribution in [2.75, 3.05) is 17.0 Å². The zero-order valence-corrected chi connectivity index (χ0v) is 14.2. The van der Waals surface area contributed by atoms with Gasteiger partial charge in [0, 0.05) is 0 Å². The minimum atomic E-state index is -1.15. The van der Waals surface area contributed by atoms with Crippen LogP contribution in [-0.4, -0.2) is 33.9 Å². The molecule has 0 unspecified atom stereocenters. The van der Waals surface area contributed by atoms with Gasteiger partial charge in [-0.15, -0.1) is 11.3 Å². The van der Waals surface area contributed by atoms with Crippen LogP contribution < -0.4 is 19.7 Å². The first-order valence-electron chi connectivity index (χ1n) is 7.26. The average Bonchev–Trinajstić information content (AvgIpc) is 3.22. The number of fused-ring (bicyclic) bond motifs is 1. The molecule has 4 heterocycles.